The predicted molar refractivity (Wildman–Crippen MR) is 72.5 cm³/mol. The summed E-state index contributed by atoms with van der Waals surface area (Å²) in [7, 11) is 0. The van der Waals surface area contributed by atoms with E-state index in [1.807, 2.05) is 26.0 Å². The van der Waals surface area contributed by atoms with Gasteiger partial charge in [0.2, 0.25) is 0 Å². The van der Waals surface area contributed by atoms with Gasteiger partial charge in [-0.1, -0.05) is 18.2 Å². The van der Waals surface area contributed by atoms with Crippen molar-refractivity contribution in [1.29, 1.82) is 0 Å². The fourth-order valence-electron chi connectivity index (χ4n) is 2.05. The molecule has 2 N–H and O–H groups in total. The molecule has 4 nitrogen and oxygen atoms in total. The molecule has 0 aromatic heterocycles. The highest BCUT2D eigenvalue weighted by molar-refractivity contribution is 6.09. The van der Waals surface area contributed by atoms with Crippen molar-refractivity contribution in [1.82, 2.24) is 10.6 Å². The molecule has 1 unspecified atom stereocenters. The number of aryl methyl sites for hydroxylation is 2. The largest absolute Gasteiger partial charge is 0.338 e. The summed E-state index contributed by atoms with van der Waals surface area (Å²) in [5, 5.41) is 5.95. The van der Waals surface area contributed by atoms with E-state index in [0.717, 1.165) is 5.56 Å². The molecule has 1 aromatic rings. The zero-order valence-electron chi connectivity index (χ0n) is 11.3. The van der Waals surface area contributed by atoms with Crippen LogP contribution in [0.2, 0.25) is 0 Å². The molecule has 0 saturated carbocycles. The molecule has 1 heterocycles. The summed E-state index contributed by atoms with van der Waals surface area (Å²) in [6, 6.07) is 6.08. The molecule has 1 aromatic carbocycles. The molecular weight excluding hydrogens is 226 g/mol. The Morgan fingerprint density at radius 1 is 1.28 bits per heavy atom. The highest BCUT2D eigenvalue weighted by Crippen LogP contribution is 2.26. The molecule has 4 heteroatoms. The van der Waals surface area contributed by atoms with Crippen LogP contribution < -0.4 is 10.6 Å². The fourth-order valence-corrected chi connectivity index (χ4v) is 2.05. The van der Waals surface area contributed by atoms with Gasteiger partial charge in [-0.15, -0.1) is 0 Å². The van der Waals surface area contributed by atoms with Gasteiger partial charge in [-0.05, 0) is 44.4 Å². The van der Waals surface area contributed by atoms with Crippen LogP contribution in [0.4, 0.5) is 0 Å². The smallest absolute Gasteiger partial charge is 0.256 e. The van der Waals surface area contributed by atoms with Crippen LogP contribution >= 0.6 is 0 Å². The molecule has 0 spiro atoms. The number of amides is 1. The summed E-state index contributed by atoms with van der Waals surface area (Å²) >= 11 is 0. The first-order valence-electron chi connectivity index (χ1n) is 6.19. The fraction of sp³-hybridized carbons (Fsp3) is 0.429. The number of nitrogens with zero attached hydrogens (tertiary/aromatic N) is 1. The molecule has 2 rings (SSSR count). The lowest BCUT2D eigenvalue weighted by molar-refractivity contribution is -0.123. The molecule has 1 saturated heterocycles. The van der Waals surface area contributed by atoms with Gasteiger partial charge in [0.15, 0.2) is 5.96 Å². The SMILES string of the molecule is CCN=C1NC(=O)C(C)(c2ccc(C)c(C)c2)N1. The van der Waals surface area contributed by atoms with Crippen LogP contribution in [0.25, 0.3) is 0 Å². The number of nitrogens with one attached hydrogen (secondary N) is 2. The minimum Gasteiger partial charge on any atom is -0.338 e. The van der Waals surface area contributed by atoms with E-state index < -0.39 is 5.54 Å². The predicted octanol–water partition coefficient (Wildman–Crippen LogP) is 1.61. The summed E-state index contributed by atoms with van der Waals surface area (Å²) in [5.74, 6) is 0.501. The van der Waals surface area contributed by atoms with Crippen molar-refractivity contribution in [2.75, 3.05) is 6.54 Å². The van der Waals surface area contributed by atoms with Crippen molar-refractivity contribution in [2.45, 2.75) is 33.2 Å². The number of carbonyl (C=O) groups is 1. The van der Waals surface area contributed by atoms with Crippen LogP contribution in [-0.4, -0.2) is 18.4 Å². The van der Waals surface area contributed by atoms with E-state index in [2.05, 4.69) is 35.5 Å². The van der Waals surface area contributed by atoms with Crippen molar-refractivity contribution < 1.29 is 4.79 Å². The first-order valence-corrected chi connectivity index (χ1v) is 6.19. The molecule has 18 heavy (non-hydrogen) atoms. The normalized spacial score (nSPS) is 25.1. The van der Waals surface area contributed by atoms with E-state index in [1.165, 1.54) is 11.1 Å². The van der Waals surface area contributed by atoms with E-state index in [1.54, 1.807) is 0 Å². The topological polar surface area (TPSA) is 53.5 Å². The molecule has 1 atom stereocenters. The molecule has 0 bridgehead atoms. The lowest BCUT2D eigenvalue weighted by Gasteiger charge is -2.22. The van der Waals surface area contributed by atoms with E-state index in [4.69, 9.17) is 0 Å². The number of rotatable bonds is 2. The second kappa shape index (κ2) is 4.44. The Morgan fingerprint density at radius 2 is 2.00 bits per heavy atom. The number of guanidine groups is 1. The average molecular weight is 245 g/mol. The first kappa shape index (κ1) is 12.6. The Labute approximate surface area is 108 Å². The summed E-state index contributed by atoms with van der Waals surface area (Å²) in [5.41, 5.74) is 2.64. The quantitative estimate of drug-likeness (QED) is 0.831. The van der Waals surface area contributed by atoms with Gasteiger partial charge in [0.1, 0.15) is 5.54 Å². The van der Waals surface area contributed by atoms with Crippen LogP contribution in [0.15, 0.2) is 23.2 Å². The van der Waals surface area contributed by atoms with Gasteiger partial charge in [-0.2, -0.15) is 0 Å². The van der Waals surface area contributed by atoms with Crippen LogP contribution in [0.5, 0.6) is 0 Å². The van der Waals surface area contributed by atoms with Crippen LogP contribution in [0.1, 0.15) is 30.5 Å². The summed E-state index contributed by atoms with van der Waals surface area (Å²) in [6.07, 6.45) is 0. The van der Waals surface area contributed by atoms with Gasteiger partial charge in [0.25, 0.3) is 5.91 Å². The molecule has 1 aliphatic heterocycles. The van der Waals surface area contributed by atoms with E-state index in [-0.39, 0.29) is 5.91 Å². The van der Waals surface area contributed by atoms with Gasteiger partial charge in [-0.25, -0.2) is 0 Å². The van der Waals surface area contributed by atoms with E-state index >= 15 is 0 Å². The van der Waals surface area contributed by atoms with Gasteiger partial charge in [0.05, 0.1) is 0 Å². The van der Waals surface area contributed by atoms with Gasteiger partial charge in [0, 0.05) is 6.54 Å². The number of carbonyl (C=O) groups excluding carboxylic acids is 1. The van der Waals surface area contributed by atoms with Crippen LogP contribution in [0.3, 0.4) is 0 Å². The molecule has 1 fully saturated rings. The van der Waals surface area contributed by atoms with Gasteiger partial charge < -0.3 is 5.32 Å². The van der Waals surface area contributed by atoms with Crippen molar-refractivity contribution in [2.24, 2.45) is 4.99 Å². The summed E-state index contributed by atoms with van der Waals surface area (Å²) in [6.45, 7) is 8.58. The van der Waals surface area contributed by atoms with Crippen molar-refractivity contribution in [3.8, 4) is 0 Å². The van der Waals surface area contributed by atoms with Crippen molar-refractivity contribution in [3.05, 3.63) is 34.9 Å². The molecule has 96 valence electrons. The molecule has 1 aliphatic rings. The molecule has 1 amide bonds. The highest BCUT2D eigenvalue weighted by atomic mass is 16.2. The zero-order chi connectivity index (χ0) is 13.3. The van der Waals surface area contributed by atoms with Crippen LogP contribution in [-0.2, 0) is 10.3 Å². The third kappa shape index (κ3) is 1.98. The lowest BCUT2D eigenvalue weighted by atomic mass is 9.90. The maximum atomic E-state index is 12.1. The number of hydrogen-bond acceptors (Lipinski definition) is 2. The van der Waals surface area contributed by atoms with Crippen LogP contribution in [0, 0.1) is 13.8 Å². The summed E-state index contributed by atoms with van der Waals surface area (Å²) < 4.78 is 0. The Hall–Kier alpha value is -1.84. The molecular formula is C14H19N3O. The van der Waals surface area contributed by atoms with E-state index in [9.17, 15) is 4.79 Å². The second-order valence-electron chi connectivity index (χ2n) is 4.83. The number of aliphatic imine (C=N–C) groups is 1. The Morgan fingerprint density at radius 3 is 2.61 bits per heavy atom. The number of benzene rings is 1. The molecule has 0 radical (unpaired) electrons. The average Bonchev–Trinajstić information content (AvgIpc) is 2.60. The molecule has 0 aliphatic carbocycles. The van der Waals surface area contributed by atoms with Gasteiger partial charge in [-0.3, -0.25) is 15.1 Å². The standard InChI is InChI=1S/C14H19N3O/c1-5-15-13-16-12(18)14(4,17-13)11-7-6-9(2)10(3)8-11/h6-8H,5H2,1-4H3,(H2,15,16,17,18). The third-order valence-corrected chi connectivity index (χ3v) is 3.45. The maximum absolute atomic E-state index is 12.1. The van der Waals surface area contributed by atoms with Gasteiger partial charge >= 0.3 is 0 Å². The lowest BCUT2D eigenvalue weighted by Crippen LogP contribution is -2.40. The minimum absolute atomic E-state index is 0.0575. The summed E-state index contributed by atoms with van der Waals surface area (Å²) in [4.78, 5) is 16.3. The second-order valence-corrected chi connectivity index (χ2v) is 4.83. The van der Waals surface area contributed by atoms with Crippen molar-refractivity contribution >= 4 is 11.9 Å². The first-order chi connectivity index (χ1) is 8.47. The Bertz CT molecular complexity index is 522. The van der Waals surface area contributed by atoms with E-state index in [0.29, 0.717) is 12.5 Å². The zero-order valence-corrected chi connectivity index (χ0v) is 11.3. The Kier molecular flexibility index (Phi) is 3.11. The monoisotopic (exact) mass is 245 g/mol. The third-order valence-electron chi connectivity index (χ3n) is 3.45. The maximum Gasteiger partial charge on any atom is 0.256 e. The van der Waals surface area contributed by atoms with Crippen molar-refractivity contribution in [3.63, 3.8) is 0 Å². The Balaban J connectivity index is 2.39. The number of hydrogen-bond donors (Lipinski definition) is 2. The highest BCUT2D eigenvalue weighted by Gasteiger charge is 2.42. The minimum atomic E-state index is -0.730.